The molecule has 6 rings (SSSR count). The number of nitrogens with zero attached hydrogens (tertiary/aromatic N) is 4. The first-order valence-corrected chi connectivity index (χ1v) is 12.8. The van der Waals surface area contributed by atoms with Crippen molar-refractivity contribution in [3.63, 3.8) is 0 Å². The molecule has 2 N–H and O–H groups in total. The molecule has 0 saturated carbocycles. The summed E-state index contributed by atoms with van der Waals surface area (Å²) in [4.78, 5) is 14.8. The normalized spacial score (nSPS) is 23.0. The Morgan fingerprint density at radius 1 is 1.21 bits per heavy atom. The Morgan fingerprint density at radius 2 is 2.03 bits per heavy atom. The van der Waals surface area contributed by atoms with Gasteiger partial charge < -0.3 is 14.9 Å². The Bertz CT molecular complexity index is 1630. The van der Waals surface area contributed by atoms with Crippen LogP contribution in [-0.4, -0.2) is 67.0 Å². The fraction of sp³-hybridized carbons (Fsp3) is 0.414. The highest BCUT2D eigenvalue weighted by Gasteiger charge is 2.49. The van der Waals surface area contributed by atoms with Gasteiger partial charge in [0.2, 0.25) is 0 Å². The number of aromatic hydroxyl groups is 1. The minimum Gasteiger partial charge on any atom is -0.507 e. The smallest absolute Gasteiger partial charge is 0.317 e. The second kappa shape index (κ2) is 9.10. The Labute approximate surface area is 221 Å². The molecule has 38 heavy (non-hydrogen) atoms. The molecule has 2 saturated heterocycles. The lowest BCUT2D eigenvalue weighted by Crippen LogP contribution is -2.43. The van der Waals surface area contributed by atoms with Crippen LogP contribution in [0, 0.1) is 5.82 Å². The lowest BCUT2D eigenvalue weighted by atomic mass is 9.95. The predicted molar refractivity (Wildman–Crippen MR) is 140 cm³/mol. The molecule has 2 atom stereocenters. The molecular formula is C29H30F2N4O3. The molecule has 2 aromatic heterocycles. The third-order valence-corrected chi connectivity index (χ3v) is 7.42. The van der Waals surface area contributed by atoms with E-state index >= 15 is 4.39 Å². The van der Waals surface area contributed by atoms with Gasteiger partial charge in [-0.1, -0.05) is 30.3 Å². The fourth-order valence-electron chi connectivity index (χ4n) is 5.77. The fourth-order valence-corrected chi connectivity index (χ4v) is 5.77. The molecule has 2 aliphatic rings. The van der Waals surface area contributed by atoms with E-state index in [2.05, 4.69) is 15.0 Å². The van der Waals surface area contributed by atoms with E-state index in [1.165, 1.54) is 12.3 Å². The number of phenolic OH excluding ortho intramolecular Hbond substituents is 1. The van der Waals surface area contributed by atoms with Crippen molar-refractivity contribution < 1.29 is 26.5 Å². The Balaban J connectivity index is 1.51. The summed E-state index contributed by atoms with van der Waals surface area (Å²) in [5.41, 5.74) is -2.34. The minimum atomic E-state index is -2.37. The van der Waals surface area contributed by atoms with Crippen LogP contribution in [0.2, 0.25) is 0 Å². The second-order valence-electron chi connectivity index (χ2n) is 10.9. The first-order chi connectivity index (χ1) is 18.9. The Morgan fingerprint density at radius 3 is 2.84 bits per heavy atom. The molecule has 7 nitrogen and oxygen atoms in total. The standard InChI is InChI=1S/C29H30F2N4O3/c1-28(2,37)13-21-20-14-32-26(23-19-7-4-3-6-17(19)8-9-22(23)36)24(31)25(20)34-27(33-21)38-16-29-10-5-11-35(29)15-18(30)12-29/h3-4,6-9,14,18,36-37H,5,10-13,15-16H2,1-2H3/t18-,29+/m1/s1/i16D2. The molecule has 4 aromatic rings. The maximum Gasteiger partial charge on any atom is 0.317 e. The van der Waals surface area contributed by atoms with E-state index in [9.17, 15) is 14.6 Å². The molecule has 198 valence electrons. The van der Waals surface area contributed by atoms with E-state index in [0.717, 1.165) is 5.39 Å². The van der Waals surface area contributed by atoms with Gasteiger partial charge in [0.15, 0.2) is 5.82 Å². The first-order valence-electron chi connectivity index (χ1n) is 13.8. The lowest BCUT2D eigenvalue weighted by Gasteiger charge is -2.30. The van der Waals surface area contributed by atoms with E-state index in [-0.39, 0.29) is 53.0 Å². The van der Waals surface area contributed by atoms with Crippen LogP contribution in [0.1, 0.15) is 41.5 Å². The summed E-state index contributed by atoms with van der Waals surface area (Å²) in [6.07, 6.45) is 1.28. The SMILES string of the molecule is [2H]C([2H])(Oc1nc(CC(C)(C)O)c2cnc(-c3c(O)ccc4ccccc34)c(F)c2n1)[C@@]12CCCN1C[C@H](F)C2. The molecule has 2 fully saturated rings. The van der Waals surface area contributed by atoms with E-state index in [1.807, 2.05) is 12.1 Å². The summed E-state index contributed by atoms with van der Waals surface area (Å²) < 4.78 is 54.2. The summed E-state index contributed by atoms with van der Waals surface area (Å²) in [6.45, 7) is 1.46. The largest absolute Gasteiger partial charge is 0.507 e. The van der Waals surface area contributed by atoms with Crippen molar-refractivity contribution in [2.24, 2.45) is 0 Å². The van der Waals surface area contributed by atoms with Crippen LogP contribution in [0.15, 0.2) is 42.6 Å². The van der Waals surface area contributed by atoms with Gasteiger partial charge in [0.1, 0.15) is 29.7 Å². The zero-order chi connectivity index (χ0) is 28.4. The van der Waals surface area contributed by atoms with Gasteiger partial charge in [0, 0.05) is 31.0 Å². The number of alkyl halides is 1. The van der Waals surface area contributed by atoms with Crippen molar-refractivity contribution in [1.82, 2.24) is 19.9 Å². The lowest BCUT2D eigenvalue weighted by molar-refractivity contribution is 0.0795. The highest BCUT2D eigenvalue weighted by atomic mass is 19.1. The summed E-state index contributed by atoms with van der Waals surface area (Å²) in [5, 5.41) is 22.9. The molecule has 0 bridgehead atoms. The monoisotopic (exact) mass is 522 g/mol. The van der Waals surface area contributed by atoms with Crippen LogP contribution in [0.5, 0.6) is 11.8 Å². The van der Waals surface area contributed by atoms with Crippen LogP contribution in [0.4, 0.5) is 8.78 Å². The first kappa shape index (κ1) is 22.5. The Hall–Kier alpha value is -3.43. The molecular weight excluding hydrogens is 490 g/mol. The van der Waals surface area contributed by atoms with Gasteiger partial charge in [-0.25, -0.2) is 8.78 Å². The number of ether oxygens (including phenoxy) is 1. The highest BCUT2D eigenvalue weighted by Crippen LogP contribution is 2.41. The van der Waals surface area contributed by atoms with Crippen molar-refractivity contribution in [2.75, 3.05) is 19.6 Å². The van der Waals surface area contributed by atoms with E-state index in [4.69, 9.17) is 7.48 Å². The zero-order valence-electron chi connectivity index (χ0n) is 23.2. The van der Waals surface area contributed by atoms with Crippen LogP contribution < -0.4 is 4.74 Å². The van der Waals surface area contributed by atoms with Crippen LogP contribution >= 0.6 is 0 Å². The third kappa shape index (κ3) is 4.33. The van der Waals surface area contributed by atoms with E-state index in [0.29, 0.717) is 24.8 Å². The van der Waals surface area contributed by atoms with Gasteiger partial charge >= 0.3 is 6.01 Å². The number of phenols is 1. The number of benzene rings is 2. The van der Waals surface area contributed by atoms with Crippen LogP contribution in [0.3, 0.4) is 0 Å². The maximum absolute atomic E-state index is 16.3. The van der Waals surface area contributed by atoms with Gasteiger partial charge in [-0.2, -0.15) is 9.97 Å². The number of pyridine rings is 1. The van der Waals surface area contributed by atoms with Gasteiger partial charge in [0.25, 0.3) is 0 Å². The number of hydrogen-bond acceptors (Lipinski definition) is 7. The number of hydrogen-bond donors (Lipinski definition) is 2. The number of halogens is 2. The number of rotatable bonds is 6. The Kier molecular flexibility index (Phi) is 5.40. The minimum absolute atomic E-state index is 0.0187. The molecule has 0 spiro atoms. The molecule has 0 aliphatic carbocycles. The van der Waals surface area contributed by atoms with Gasteiger partial charge in [-0.15, -0.1) is 0 Å². The summed E-state index contributed by atoms with van der Waals surface area (Å²) in [5.74, 6) is -1.01. The highest BCUT2D eigenvalue weighted by molar-refractivity contribution is 6.00. The molecule has 2 aliphatic heterocycles. The number of aromatic nitrogens is 3. The zero-order valence-corrected chi connectivity index (χ0v) is 21.2. The predicted octanol–water partition coefficient (Wildman–Crippen LogP) is 4.96. The second-order valence-corrected chi connectivity index (χ2v) is 10.9. The van der Waals surface area contributed by atoms with E-state index in [1.54, 1.807) is 36.9 Å². The summed E-state index contributed by atoms with van der Waals surface area (Å²) >= 11 is 0. The van der Waals surface area contributed by atoms with Crippen molar-refractivity contribution >= 4 is 21.7 Å². The van der Waals surface area contributed by atoms with Crippen molar-refractivity contribution in [2.45, 2.75) is 56.8 Å². The van der Waals surface area contributed by atoms with Crippen molar-refractivity contribution in [3.8, 4) is 23.0 Å². The van der Waals surface area contributed by atoms with Gasteiger partial charge in [-0.05, 0) is 50.1 Å². The van der Waals surface area contributed by atoms with E-state index < -0.39 is 35.7 Å². The van der Waals surface area contributed by atoms with Gasteiger partial charge in [-0.3, -0.25) is 9.88 Å². The quantitative estimate of drug-likeness (QED) is 0.370. The average molecular weight is 523 g/mol. The van der Waals surface area contributed by atoms with Crippen LogP contribution in [0.25, 0.3) is 32.9 Å². The van der Waals surface area contributed by atoms with Gasteiger partial charge in [0.05, 0.1) is 25.1 Å². The maximum atomic E-state index is 16.3. The topological polar surface area (TPSA) is 91.6 Å². The summed E-state index contributed by atoms with van der Waals surface area (Å²) in [6, 6.07) is 9.98. The molecule has 9 heteroatoms. The molecule has 0 unspecified atom stereocenters. The number of fused-ring (bicyclic) bond motifs is 3. The molecule has 0 amide bonds. The molecule has 4 heterocycles. The van der Waals surface area contributed by atoms with Crippen molar-refractivity contribution in [3.05, 3.63) is 54.1 Å². The number of aliphatic hydroxyl groups is 1. The van der Waals surface area contributed by atoms with Crippen molar-refractivity contribution in [1.29, 1.82) is 0 Å². The van der Waals surface area contributed by atoms with Crippen LogP contribution in [-0.2, 0) is 6.42 Å². The molecule has 0 radical (unpaired) electrons. The summed E-state index contributed by atoms with van der Waals surface area (Å²) in [7, 11) is 0. The third-order valence-electron chi connectivity index (χ3n) is 7.42. The average Bonchev–Trinajstić information content (AvgIpc) is 3.42. The molecule has 2 aromatic carbocycles.